The van der Waals surface area contributed by atoms with Gasteiger partial charge in [0.2, 0.25) is 5.91 Å². The quantitative estimate of drug-likeness (QED) is 0.828. The highest BCUT2D eigenvalue weighted by molar-refractivity contribution is 5.99. The van der Waals surface area contributed by atoms with E-state index in [1.54, 1.807) is 4.90 Å². The fourth-order valence-corrected chi connectivity index (χ4v) is 3.38. The number of nitrogens with zero attached hydrogens (tertiary/aromatic N) is 1. The van der Waals surface area contributed by atoms with Crippen LogP contribution >= 0.6 is 0 Å². The van der Waals surface area contributed by atoms with Crippen molar-refractivity contribution in [1.29, 1.82) is 0 Å². The summed E-state index contributed by atoms with van der Waals surface area (Å²) in [6.07, 6.45) is 1.89. The number of carbonyl (C=O) groups is 2. The summed E-state index contributed by atoms with van der Waals surface area (Å²) in [6, 6.07) is 13.2. The maximum Gasteiger partial charge on any atom is 0.254 e. The molecule has 1 aliphatic heterocycles. The smallest absolute Gasteiger partial charge is 0.254 e. The standard InChI is InChI=1S/C23H28N2O3/c1-16-9-11-19(12-10-16)23(27)25(14-20-7-5-13-28-20)15-22(26)24-21-8-4-6-17(2)18(21)3/h4,6,8-12,20H,5,7,13-15H2,1-3H3,(H,24,26). The fraction of sp³-hybridized carbons (Fsp3) is 0.391. The molecule has 2 aromatic rings. The van der Waals surface area contributed by atoms with Crippen LogP contribution in [0.25, 0.3) is 0 Å². The molecule has 1 saturated heterocycles. The molecule has 3 rings (SSSR count). The Hall–Kier alpha value is -2.66. The van der Waals surface area contributed by atoms with Crippen LogP contribution in [0.2, 0.25) is 0 Å². The number of rotatable bonds is 6. The molecular formula is C23H28N2O3. The lowest BCUT2D eigenvalue weighted by Gasteiger charge is -2.25. The third-order valence-corrected chi connectivity index (χ3v) is 5.25. The molecule has 1 aliphatic rings. The molecule has 0 saturated carbocycles. The lowest BCUT2D eigenvalue weighted by molar-refractivity contribution is -0.117. The molecule has 2 amide bonds. The summed E-state index contributed by atoms with van der Waals surface area (Å²) in [5, 5.41) is 2.95. The number of ether oxygens (including phenoxy) is 1. The van der Waals surface area contributed by atoms with E-state index < -0.39 is 0 Å². The molecule has 1 unspecified atom stereocenters. The van der Waals surface area contributed by atoms with Crippen LogP contribution in [0, 0.1) is 20.8 Å². The van der Waals surface area contributed by atoms with Crippen LogP contribution in [0.15, 0.2) is 42.5 Å². The van der Waals surface area contributed by atoms with Gasteiger partial charge in [-0.3, -0.25) is 9.59 Å². The molecule has 0 bridgehead atoms. The maximum absolute atomic E-state index is 13.0. The number of carbonyl (C=O) groups excluding carboxylic acids is 2. The van der Waals surface area contributed by atoms with Crippen molar-refractivity contribution in [2.24, 2.45) is 0 Å². The first-order chi connectivity index (χ1) is 13.4. The average Bonchev–Trinajstić information content (AvgIpc) is 3.18. The molecule has 1 N–H and O–H groups in total. The number of hydrogen-bond donors (Lipinski definition) is 1. The van der Waals surface area contributed by atoms with Crippen LogP contribution in [-0.4, -0.2) is 42.5 Å². The number of hydrogen-bond acceptors (Lipinski definition) is 3. The molecule has 1 fully saturated rings. The van der Waals surface area contributed by atoms with E-state index in [0.717, 1.165) is 35.2 Å². The van der Waals surface area contributed by atoms with Crippen molar-refractivity contribution in [2.75, 3.05) is 25.0 Å². The van der Waals surface area contributed by atoms with Gasteiger partial charge in [0.25, 0.3) is 5.91 Å². The molecule has 0 aromatic heterocycles. The highest BCUT2D eigenvalue weighted by atomic mass is 16.5. The van der Waals surface area contributed by atoms with E-state index in [1.165, 1.54) is 0 Å². The van der Waals surface area contributed by atoms with E-state index in [0.29, 0.717) is 18.7 Å². The van der Waals surface area contributed by atoms with Gasteiger partial charge in [-0.15, -0.1) is 0 Å². The Morgan fingerprint density at radius 3 is 2.54 bits per heavy atom. The van der Waals surface area contributed by atoms with Crippen molar-refractivity contribution >= 4 is 17.5 Å². The topological polar surface area (TPSA) is 58.6 Å². The first kappa shape index (κ1) is 20.1. The van der Waals surface area contributed by atoms with Gasteiger partial charge in [0.1, 0.15) is 6.54 Å². The van der Waals surface area contributed by atoms with Gasteiger partial charge in [0.15, 0.2) is 0 Å². The summed E-state index contributed by atoms with van der Waals surface area (Å²) in [7, 11) is 0. The summed E-state index contributed by atoms with van der Waals surface area (Å²) in [5.41, 5.74) is 4.61. The first-order valence-corrected chi connectivity index (χ1v) is 9.77. The minimum atomic E-state index is -0.202. The van der Waals surface area contributed by atoms with E-state index in [4.69, 9.17) is 4.74 Å². The highest BCUT2D eigenvalue weighted by Gasteiger charge is 2.25. The van der Waals surface area contributed by atoms with E-state index >= 15 is 0 Å². The van der Waals surface area contributed by atoms with Gasteiger partial charge >= 0.3 is 0 Å². The Labute approximate surface area is 166 Å². The number of nitrogens with one attached hydrogen (secondary N) is 1. The summed E-state index contributed by atoms with van der Waals surface area (Å²) < 4.78 is 5.70. The monoisotopic (exact) mass is 380 g/mol. The van der Waals surface area contributed by atoms with Crippen molar-refractivity contribution < 1.29 is 14.3 Å². The van der Waals surface area contributed by atoms with Crippen molar-refractivity contribution in [3.63, 3.8) is 0 Å². The minimum absolute atomic E-state index is 0.0000479. The second kappa shape index (κ2) is 9.02. The van der Waals surface area contributed by atoms with Gasteiger partial charge in [-0.25, -0.2) is 0 Å². The predicted octanol–water partition coefficient (Wildman–Crippen LogP) is 3.87. The van der Waals surface area contributed by atoms with Gasteiger partial charge < -0.3 is 15.0 Å². The third kappa shape index (κ3) is 4.98. The Balaban J connectivity index is 1.74. The lowest BCUT2D eigenvalue weighted by atomic mass is 10.1. The molecule has 1 atom stereocenters. The van der Waals surface area contributed by atoms with Crippen LogP contribution in [0.5, 0.6) is 0 Å². The normalized spacial score (nSPS) is 16.0. The second-order valence-electron chi connectivity index (χ2n) is 7.48. The van der Waals surface area contributed by atoms with Gasteiger partial charge in [0, 0.05) is 24.4 Å². The molecule has 1 heterocycles. The molecule has 0 spiro atoms. The summed E-state index contributed by atoms with van der Waals surface area (Å²) in [6.45, 7) is 7.11. The van der Waals surface area contributed by atoms with E-state index in [2.05, 4.69) is 5.32 Å². The molecule has 0 aliphatic carbocycles. The van der Waals surface area contributed by atoms with Crippen LogP contribution in [0.4, 0.5) is 5.69 Å². The number of aryl methyl sites for hydroxylation is 2. The molecule has 148 valence electrons. The lowest BCUT2D eigenvalue weighted by Crippen LogP contribution is -2.42. The number of anilines is 1. The zero-order valence-corrected chi connectivity index (χ0v) is 16.8. The predicted molar refractivity (Wildman–Crippen MR) is 111 cm³/mol. The molecular weight excluding hydrogens is 352 g/mol. The van der Waals surface area contributed by atoms with Gasteiger partial charge in [-0.05, 0) is 62.9 Å². The first-order valence-electron chi connectivity index (χ1n) is 9.77. The van der Waals surface area contributed by atoms with Gasteiger partial charge in [-0.1, -0.05) is 29.8 Å². The van der Waals surface area contributed by atoms with Crippen LogP contribution in [0.3, 0.4) is 0 Å². The van der Waals surface area contributed by atoms with Gasteiger partial charge in [0.05, 0.1) is 6.10 Å². The molecule has 28 heavy (non-hydrogen) atoms. The Kier molecular flexibility index (Phi) is 6.47. The van der Waals surface area contributed by atoms with Crippen LogP contribution < -0.4 is 5.32 Å². The zero-order valence-electron chi connectivity index (χ0n) is 16.8. The third-order valence-electron chi connectivity index (χ3n) is 5.25. The van der Waals surface area contributed by atoms with E-state index in [-0.39, 0.29) is 24.5 Å². The molecule has 2 aromatic carbocycles. The average molecular weight is 380 g/mol. The summed E-state index contributed by atoms with van der Waals surface area (Å²) in [4.78, 5) is 27.3. The van der Waals surface area contributed by atoms with Crippen LogP contribution in [-0.2, 0) is 9.53 Å². The molecule has 5 heteroatoms. The minimum Gasteiger partial charge on any atom is -0.376 e. The maximum atomic E-state index is 13.0. The summed E-state index contributed by atoms with van der Waals surface area (Å²) in [5.74, 6) is -0.348. The SMILES string of the molecule is Cc1ccc(C(=O)N(CC(=O)Nc2cccc(C)c2C)CC2CCCO2)cc1. The largest absolute Gasteiger partial charge is 0.376 e. The zero-order chi connectivity index (χ0) is 20.1. The fourth-order valence-electron chi connectivity index (χ4n) is 3.38. The van der Waals surface area contributed by atoms with Crippen molar-refractivity contribution in [2.45, 2.75) is 39.7 Å². The second-order valence-corrected chi connectivity index (χ2v) is 7.48. The number of amides is 2. The van der Waals surface area contributed by atoms with Gasteiger partial charge in [-0.2, -0.15) is 0 Å². The van der Waals surface area contributed by atoms with E-state index in [1.807, 2.05) is 63.2 Å². The Bertz CT molecular complexity index is 839. The van der Waals surface area contributed by atoms with Crippen molar-refractivity contribution in [1.82, 2.24) is 4.90 Å². The number of benzene rings is 2. The summed E-state index contributed by atoms with van der Waals surface area (Å²) >= 11 is 0. The van der Waals surface area contributed by atoms with Crippen molar-refractivity contribution in [3.05, 3.63) is 64.7 Å². The van der Waals surface area contributed by atoms with Crippen molar-refractivity contribution in [3.8, 4) is 0 Å². The molecule has 0 radical (unpaired) electrons. The Morgan fingerprint density at radius 1 is 1.11 bits per heavy atom. The Morgan fingerprint density at radius 2 is 1.86 bits per heavy atom. The van der Waals surface area contributed by atoms with E-state index in [9.17, 15) is 9.59 Å². The highest BCUT2D eigenvalue weighted by Crippen LogP contribution is 2.19. The molecule has 5 nitrogen and oxygen atoms in total. The van der Waals surface area contributed by atoms with Crippen LogP contribution in [0.1, 0.15) is 39.9 Å².